The molecule has 0 saturated carbocycles. The number of nitrogens with zero attached hydrogens (tertiary/aromatic N) is 2. The van der Waals surface area contributed by atoms with E-state index in [0.717, 1.165) is 77.5 Å². The first kappa shape index (κ1) is 35.7. The third-order valence-corrected chi connectivity index (χ3v) is 12.8. The molecular formula is C51H27B5N2S. The molecule has 2 aromatic heterocycles. The molecule has 0 aliphatic carbocycles. The van der Waals surface area contributed by atoms with Crippen molar-refractivity contribution in [2.45, 2.75) is 0 Å². The van der Waals surface area contributed by atoms with Crippen LogP contribution in [0.2, 0.25) is 0 Å². The lowest BCUT2D eigenvalue weighted by Crippen LogP contribution is -2.55. The topological polar surface area (TPSA) is 17.8 Å². The van der Waals surface area contributed by atoms with Gasteiger partial charge in [-0.05, 0) is 103 Å². The number of fused-ring (bicyclic) bond motifs is 6. The maximum absolute atomic E-state index is 6.72. The van der Waals surface area contributed by atoms with Gasteiger partial charge < -0.3 is 0 Å². The summed E-state index contributed by atoms with van der Waals surface area (Å²) in [5.74, 6) is 0.868. The molecule has 8 heteroatoms. The third-order valence-electron chi connectivity index (χ3n) is 11.7. The van der Waals surface area contributed by atoms with Crippen molar-refractivity contribution in [3.05, 3.63) is 164 Å². The lowest BCUT2D eigenvalue weighted by molar-refractivity contribution is 1.10. The van der Waals surface area contributed by atoms with E-state index in [2.05, 4.69) is 156 Å². The van der Waals surface area contributed by atoms with Gasteiger partial charge in [-0.25, -0.2) is 4.98 Å². The highest BCUT2D eigenvalue weighted by atomic mass is 32.1. The van der Waals surface area contributed by atoms with E-state index in [1.54, 1.807) is 0 Å². The van der Waals surface area contributed by atoms with Gasteiger partial charge in [-0.1, -0.05) is 126 Å². The highest BCUT2D eigenvalue weighted by Gasteiger charge is 2.23. The van der Waals surface area contributed by atoms with Gasteiger partial charge in [0.25, 0.3) is 0 Å². The smallest absolute Gasteiger partial charge is 0.145 e. The molecule has 0 bridgehead atoms. The van der Waals surface area contributed by atoms with Crippen molar-refractivity contribution in [3.63, 3.8) is 0 Å². The second-order valence-electron chi connectivity index (χ2n) is 15.0. The number of hydrogen-bond acceptors (Lipinski definition) is 2. The van der Waals surface area contributed by atoms with Crippen molar-refractivity contribution >= 4 is 131 Å². The van der Waals surface area contributed by atoms with Gasteiger partial charge in [0, 0.05) is 31.4 Å². The summed E-state index contributed by atoms with van der Waals surface area (Å²) in [6.07, 6.45) is 0. The van der Waals surface area contributed by atoms with Gasteiger partial charge in [0.2, 0.25) is 0 Å². The van der Waals surface area contributed by atoms with Crippen LogP contribution in [-0.2, 0) is 0 Å². The van der Waals surface area contributed by atoms with Crippen LogP contribution >= 0.6 is 11.3 Å². The molecule has 9 aromatic carbocycles. The summed E-state index contributed by atoms with van der Waals surface area (Å²) in [7, 11) is 32.6. The average molecular weight is 754 g/mol. The van der Waals surface area contributed by atoms with Gasteiger partial charge in [-0.2, -0.15) is 0 Å². The van der Waals surface area contributed by atoms with Gasteiger partial charge >= 0.3 is 0 Å². The predicted molar refractivity (Wildman–Crippen MR) is 258 cm³/mol. The van der Waals surface area contributed by atoms with E-state index in [-0.39, 0.29) is 16.4 Å². The Kier molecular flexibility index (Phi) is 8.36. The van der Waals surface area contributed by atoms with Gasteiger partial charge in [-0.3, -0.25) is 4.57 Å². The molecule has 11 aromatic rings. The monoisotopic (exact) mass is 754 g/mol. The van der Waals surface area contributed by atoms with Crippen LogP contribution in [0.15, 0.2) is 164 Å². The lowest BCUT2D eigenvalue weighted by Gasteiger charge is -2.23. The molecular weight excluding hydrogens is 727 g/mol. The average Bonchev–Trinajstić information content (AvgIpc) is 3.87. The number of rotatable bonds is 5. The minimum Gasteiger partial charge on any atom is -0.292 e. The Balaban J connectivity index is 1.24. The number of imidazole rings is 1. The fraction of sp³-hybridized carbons (Fsp3) is 0. The maximum atomic E-state index is 6.72. The quantitative estimate of drug-likeness (QED) is 0.128. The van der Waals surface area contributed by atoms with Crippen LogP contribution in [0.25, 0.3) is 103 Å². The molecule has 2 heterocycles. The Labute approximate surface area is 352 Å². The zero-order valence-corrected chi connectivity index (χ0v) is 32.6. The van der Waals surface area contributed by atoms with Crippen LogP contribution in [0.4, 0.5) is 0 Å². The van der Waals surface area contributed by atoms with E-state index < -0.39 is 0 Å². The van der Waals surface area contributed by atoms with E-state index in [1.165, 1.54) is 20.2 Å². The van der Waals surface area contributed by atoms with Gasteiger partial charge in [0.05, 0.1) is 11.0 Å². The Morgan fingerprint density at radius 1 is 0.407 bits per heavy atom. The molecule has 0 saturated heterocycles. The molecule has 0 spiro atoms. The van der Waals surface area contributed by atoms with Crippen LogP contribution < -0.4 is 27.3 Å². The number of benzene rings is 9. The van der Waals surface area contributed by atoms with Crippen LogP contribution in [0.1, 0.15) is 0 Å². The van der Waals surface area contributed by atoms with Crippen LogP contribution in [0.5, 0.6) is 0 Å². The molecule has 0 atom stereocenters. The summed E-state index contributed by atoms with van der Waals surface area (Å²) >= 11 is 1.81. The Morgan fingerprint density at radius 2 is 1.00 bits per heavy atom. The maximum Gasteiger partial charge on any atom is 0.145 e. The summed E-state index contributed by atoms with van der Waals surface area (Å²) in [5, 5.41) is 6.80. The Hall–Kier alpha value is -6.49. The normalized spacial score (nSPS) is 11.7. The summed E-state index contributed by atoms with van der Waals surface area (Å²) in [6.45, 7) is 0. The van der Waals surface area contributed by atoms with Crippen molar-refractivity contribution in [2.24, 2.45) is 0 Å². The molecule has 0 N–H and O–H groups in total. The number of hydrogen-bond donors (Lipinski definition) is 0. The van der Waals surface area contributed by atoms with E-state index in [1.807, 2.05) is 23.5 Å². The molecule has 0 amide bonds. The van der Waals surface area contributed by atoms with Crippen LogP contribution in [-0.4, -0.2) is 48.8 Å². The van der Waals surface area contributed by atoms with E-state index in [4.69, 9.17) is 44.2 Å². The standard InChI is InChI=1S/C51H27B5N2S/c52-46-43(47(53)49(55)50(56)48(46)54)29-24-25-34-37(27-29)44(36-19-11-23-41-45(36)35-18-6-9-22-40(35)59-41)33-17-5-4-16-32(33)42(34)28-12-10-13-30(26-28)51-57-38-20-7-8-21-39(38)58(51)31-14-2-1-3-15-31/h1-27H. The molecule has 10 radical (unpaired) electrons. The Bertz CT molecular complexity index is 3490. The molecule has 0 aliphatic heterocycles. The molecule has 0 aliphatic rings. The second kappa shape index (κ2) is 13.8. The highest BCUT2D eigenvalue weighted by Crippen LogP contribution is 2.49. The first-order valence-electron chi connectivity index (χ1n) is 19.4. The molecule has 0 unspecified atom stereocenters. The largest absolute Gasteiger partial charge is 0.292 e. The second-order valence-corrected chi connectivity index (χ2v) is 16.0. The van der Waals surface area contributed by atoms with Crippen molar-refractivity contribution in [1.82, 2.24) is 9.55 Å². The zero-order chi connectivity index (χ0) is 39.9. The minimum atomic E-state index is 0.190. The van der Waals surface area contributed by atoms with Crippen molar-refractivity contribution in [2.75, 3.05) is 0 Å². The van der Waals surface area contributed by atoms with Crippen LogP contribution in [0.3, 0.4) is 0 Å². The number of para-hydroxylation sites is 3. The van der Waals surface area contributed by atoms with E-state index >= 15 is 0 Å². The van der Waals surface area contributed by atoms with Crippen molar-refractivity contribution in [1.29, 1.82) is 0 Å². The first-order valence-corrected chi connectivity index (χ1v) is 20.2. The Morgan fingerprint density at radius 3 is 1.80 bits per heavy atom. The molecule has 11 rings (SSSR count). The van der Waals surface area contributed by atoms with E-state index in [9.17, 15) is 0 Å². The van der Waals surface area contributed by atoms with Crippen molar-refractivity contribution in [3.8, 4) is 50.5 Å². The van der Waals surface area contributed by atoms with Crippen molar-refractivity contribution < 1.29 is 0 Å². The fourth-order valence-corrected chi connectivity index (χ4v) is 10.1. The summed E-state index contributed by atoms with van der Waals surface area (Å²) in [6, 6.07) is 57.8. The summed E-state index contributed by atoms with van der Waals surface area (Å²) in [4.78, 5) is 5.21. The predicted octanol–water partition coefficient (Wildman–Crippen LogP) is 8.34. The SMILES string of the molecule is [B]c1c([B])c([B])c(-c2ccc3c(-c4cccc(-c5nc6ccccc6n5-c5ccccc5)c4)c4ccccc4c(-c4cccc5sc6ccccc6c45)c3c2)c([B])c1[B]. The highest BCUT2D eigenvalue weighted by molar-refractivity contribution is 7.26. The molecule has 59 heavy (non-hydrogen) atoms. The number of aromatic nitrogens is 2. The summed E-state index contributed by atoms with van der Waals surface area (Å²) < 4.78 is 4.71. The molecule has 262 valence electrons. The first-order chi connectivity index (χ1) is 28.9. The molecule has 0 fully saturated rings. The zero-order valence-electron chi connectivity index (χ0n) is 31.8. The number of thiophene rings is 1. The van der Waals surface area contributed by atoms with E-state index in [0.29, 0.717) is 16.5 Å². The van der Waals surface area contributed by atoms with Gasteiger partial charge in [-0.15, -0.1) is 27.7 Å². The minimum absolute atomic E-state index is 0.190. The lowest BCUT2D eigenvalue weighted by atomic mass is 9.59. The summed E-state index contributed by atoms with van der Waals surface area (Å²) in [5.41, 5.74) is 11.1. The van der Waals surface area contributed by atoms with Crippen LogP contribution in [0, 0.1) is 0 Å². The van der Waals surface area contributed by atoms with Gasteiger partial charge in [0.15, 0.2) is 0 Å². The third kappa shape index (κ3) is 5.50. The fourth-order valence-electron chi connectivity index (χ4n) is 8.95. The van der Waals surface area contributed by atoms with Gasteiger partial charge in [0.1, 0.15) is 45.1 Å². The molecule has 2 nitrogen and oxygen atoms in total.